The smallest absolute Gasteiger partial charge is 0.248 e. The van der Waals surface area contributed by atoms with Gasteiger partial charge in [0.05, 0.1) is 17.5 Å². The minimum atomic E-state index is -3.04. The average molecular weight is 387 g/mol. The van der Waals surface area contributed by atoms with Gasteiger partial charge < -0.3 is 4.90 Å². The first-order valence-electron chi connectivity index (χ1n) is 7.88. The lowest BCUT2D eigenvalue weighted by atomic mass is 10.1. The predicted octanol–water partition coefficient (Wildman–Crippen LogP) is 2.74. The Balaban J connectivity index is 1.90. The molecule has 1 amide bonds. The van der Waals surface area contributed by atoms with E-state index in [1.54, 1.807) is 0 Å². The molecular formula is C16H19ClN2O3S2. The van der Waals surface area contributed by atoms with Gasteiger partial charge in [0.1, 0.15) is 0 Å². The van der Waals surface area contributed by atoms with Gasteiger partial charge in [0.25, 0.3) is 0 Å². The Labute approximate surface area is 151 Å². The maximum Gasteiger partial charge on any atom is 0.248 e. The van der Waals surface area contributed by atoms with Crippen LogP contribution in [-0.4, -0.2) is 47.2 Å². The molecule has 2 atom stereocenters. The number of hydrogen-bond acceptors (Lipinski definition) is 4. The van der Waals surface area contributed by atoms with Crippen LogP contribution in [0.15, 0.2) is 29.3 Å². The van der Waals surface area contributed by atoms with E-state index >= 15 is 0 Å². The van der Waals surface area contributed by atoms with Crippen LogP contribution in [0.2, 0.25) is 5.02 Å². The van der Waals surface area contributed by atoms with Gasteiger partial charge >= 0.3 is 0 Å². The van der Waals surface area contributed by atoms with Crippen LogP contribution >= 0.6 is 23.4 Å². The Morgan fingerprint density at radius 1 is 1.38 bits per heavy atom. The fourth-order valence-electron chi connectivity index (χ4n) is 3.01. The van der Waals surface area contributed by atoms with Crippen molar-refractivity contribution in [1.29, 1.82) is 0 Å². The molecule has 2 fully saturated rings. The highest BCUT2D eigenvalue weighted by Crippen LogP contribution is 2.39. The molecule has 2 aliphatic heterocycles. The summed E-state index contributed by atoms with van der Waals surface area (Å²) in [7, 11) is -3.04. The predicted molar refractivity (Wildman–Crippen MR) is 98.2 cm³/mol. The molecule has 130 valence electrons. The number of halogens is 1. The van der Waals surface area contributed by atoms with E-state index in [9.17, 15) is 13.2 Å². The van der Waals surface area contributed by atoms with Gasteiger partial charge in [-0.1, -0.05) is 48.5 Å². The minimum absolute atomic E-state index is 0.0642. The lowest BCUT2D eigenvalue weighted by Crippen LogP contribution is -2.37. The Bertz CT molecular complexity index is 779. The molecule has 24 heavy (non-hydrogen) atoms. The summed E-state index contributed by atoms with van der Waals surface area (Å²) in [4.78, 5) is 18.1. The standard InChI is InChI=1S/C16H19ClN2O3S2/c1-2-5-15(20)18-16-19(8-11-6-3-4-7-12(11)17)13-9-24(21,22)10-14(13)23-16/h3-4,6-7,13-14H,2,5,8-10H2,1H3/t13-,14+/m1/s1. The maximum absolute atomic E-state index is 12.0. The summed E-state index contributed by atoms with van der Waals surface area (Å²) in [5, 5.41) is 1.19. The van der Waals surface area contributed by atoms with E-state index in [1.807, 2.05) is 36.1 Å². The molecule has 0 N–H and O–H groups in total. The van der Waals surface area contributed by atoms with Crippen molar-refractivity contribution in [1.82, 2.24) is 4.90 Å². The number of amidine groups is 1. The normalized spacial score (nSPS) is 26.8. The molecule has 2 saturated heterocycles. The SMILES string of the molecule is CCCC(=O)N=C1S[C@H]2CS(=O)(=O)C[C@H]2N1Cc1ccccc1Cl. The number of rotatable bonds is 4. The largest absolute Gasteiger partial charge is 0.342 e. The van der Waals surface area contributed by atoms with Crippen LogP contribution in [0.25, 0.3) is 0 Å². The van der Waals surface area contributed by atoms with Gasteiger partial charge in [-0.2, -0.15) is 4.99 Å². The molecule has 2 heterocycles. The molecule has 0 bridgehead atoms. The summed E-state index contributed by atoms with van der Waals surface area (Å²) in [6.45, 7) is 2.39. The summed E-state index contributed by atoms with van der Waals surface area (Å²) in [6.07, 6.45) is 1.14. The average Bonchev–Trinajstić information content (AvgIpc) is 2.94. The molecule has 3 rings (SSSR count). The van der Waals surface area contributed by atoms with E-state index in [4.69, 9.17) is 11.6 Å². The van der Waals surface area contributed by atoms with Crippen LogP contribution in [0.4, 0.5) is 0 Å². The molecule has 8 heteroatoms. The summed E-state index contributed by atoms with van der Waals surface area (Å²) >= 11 is 7.65. The number of thioether (sulfide) groups is 1. The number of amides is 1. The number of hydrogen-bond donors (Lipinski definition) is 0. The van der Waals surface area contributed by atoms with E-state index in [2.05, 4.69) is 4.99 Å². The number of benzene rings is 1. The fraction of sp³-hybridized carbons (Fsp3) is 0.500. The number of aliphatic imine (C=N–C) groups is 1. The van der Waals surface area contributed by atoms with Crippen molar-refractivity contribution in [2.45, 2.75) is 37.6 Å². The van der Waals surface area contributed by atoms with Crippen molar-refractivity contribution in [2.24, 2.45) is 4.99 Å². The Hall–Kier alpha value is -1.05. The van der Waals surface area contributed by atoms with Gasteiger partial charge in [0, 0.05) is 23.2 Å². The number of fused-ring (bicyclic) bond motifs is 1. The first-order valence-corrected chi connectivity index (χ1v) is 11.0. The van der Waals surface area contributed by atoms with Crippen LogP contribution in [0.5, 0.6) is 0 Å². The number of nitrogens with zero attached hydrogens (tertiary/aromatic N) is 2. The van der Waals surface area contributed by atoms with E-state index in [0.29, 0.717) is 23.2 Å². The second kappa shape index (κ2) is 7.06. The topological polar surface area (TPSA) is 66.8 Å². The lowest BCUT2D eigenvalue weighted by Gasteiger charge is -2.24. The summed E-state index contributed by atoms with van der Waals surface area (Å²) in [5.74, 6) is 0.0883. The van der Waals surface area contributed by atoms with Crippen molar-refractivity contribution >= 4 is 44.3 Å². The third-order valence-corrected chi connectivity index (χ3v) is 7.77. The second-order valence-corrected chi connectivity index (χ2v) is 9.83. The highest BCUT2D eigenvalue weighted by Gasteiger charge is 2.48. The maximum atomic E-state index is 12.0. The highest BCUT2D eigenvalue weighted by atomic mass is 35.5. The van der Waals surface area contributed by atoms with Crippen molar-refractivity contribution in [3.8, 4) is 0 Å². The van der Waals surface area contributed by atoms with Gasteiger partial charge in [0.2, 0.25) is 5.91 Å². The molecule has 0 aliphatic carbocycles. The van der Waals surface area contributed by atoms with Crippen LogP contribution in [0, 0.1) is 0 Å². The van der Waals surface area contributed by atoms with Gasteiger partial charge in [0.15, 0.2) is 15.0 Å². The van der Waals surface area contributed by atoms with Crippen molar-refractivity contribution in [3.05, 3.63) is 34.9 Å². The summed E-state index contributed by atoms with van der Waals surface area (Å²) in [5.41, 5.74) is 0.903. The van der Waals surface area contributed by atoms with Crippen LogP contribution in [-0.2, 0) is 21.2 Å². The molecule has 0 radical (unpaired) electrons. The van der Waals surface area contributed by atoms with E-state index in [1.165, 1.54) is 11.8 Å². The Morgan fingerprint density at radius 2 is 2.12 bits per heavy atom. The van der Waals surface area contributed by atoms with Crippen molar-refractivity contribution < 1.29 is 13.2 Å². The van der Waals surface area contributed by atoms with Gasteiger partial charge in [-0.25, -0.2) is 8.42 Å². The molecule has 5 nitrogen and oxygen atoms in total. The molecule has 0 spiro atoms. The monoisotopic (exact) mass is 386 g/mol. The van der Waals surface area contributed by atoms with Gasteiger partial charge in [-0.3, -0.25) is 4.79 Å². The number of carbonyl (C=O) groups excluding carboxylic acids is 1. The zero-order valence-electron chi connectivity index (χ0n) is 13.3. The Morgan fingerprint density at radius 3 is 2.83 bits per heavy atom. The molecule has 0 unspecified atom stereocenters. The van der Waals surface area contributed by atoms with E-state index in [0.717, 1.165) is 12.0 Å². The number of sulfone groups is 1. The van der Waals surface area contributed by atoms with E-state index < -0.39 is 9.84 Å². The molecule has 1 aromatic rings. The van der Waals surface area contributed by atoms with Gasteiger partial charge in [-0.15, -0.1) is 0 Å². The zero-order chi connectivity index (χ0) is 17.3. The van der Waals surface area contributed by atoms with Gasteiger partial charge in [-0.05, 0) is 18.1 Å². The van der Waals surface area contributed by atoms with Crippen molar-refractivity contribution in [3.63, 3.8) is 0 Å². The first-order chi connectivity index (χ1) is 11.4. The van der Waals surface area contributed by atoms with E-state index in [-0.39, 0.29) is 28.7 Å². The summed E-state index contributed by atoms with van der Waals surface area (Å²) < 4.78 is 23.9. The lowest BCUT2D eigenvalue weighted by molar-refractivity contribution is -0.117. The van der Waals surface area contributed by atoms with Crippen molar-refractivity contribution in [2.75, 3.05) is 11.5 Å². The Kier molecular flexibility index (Phi) is 5.22. The zero-order valence-corrected chi connectivity index (χ0v) is 15.7. The van der Waals surface area contributed by atoms with Crippen LogP contribution in [0.3, 0.4) is 0 Å². The second-order valence-electron chi connectivity index (χ2n) is 6.06. The molecule has 0 aromatic heterocycles. The molecular weight excluding hydrogens is 368 g/mol. The van der Waals surface area contributed by atoms with Crippen LogP contribution < -0.4 is 0 Å². The minimum Gasteiger partial charge on any atom is -0.342 e. The molecule has 0 saturated carbocycles. The third-order valence-electron chi connectivity index (χ3n) is 4.16. The summed E-state index contributed by atoms with van der Waals surface area (Å²) in [6, 6.07) is 7.32. The number of carbonyl (C=O) groups is 1. The van der Waals surface area contributed by atoms with Crippen LogP contribution in [0.1, 0.15) is 25.3 Å². The highest BCUT2D eigenvalue weighted by molar-refractivity contribution is 8.15. The quantitative estimate of drug-likeness (QED) is 0.795. The molecule has 1 aromatic carbocycles. The fourth-order valence-corrected chi connectivity index (χ4v) is 7.17. The first kappa shape index (κ1) is 17.8. The third kappa shape index (κ3) is 3.78. The molecule has 2 aliphatic rings.